The number of aromatic nitrogens is 1. The van der Waals surface area contributed by atoms with E-state index in [4.69, 9.17) is 4.74 Å². The minimum atomic E-state index is -4.05. The van der Waals surface area contributed by atoms with Crippen LogP contribution in [0.2, 0.25) is 0 Å². The summed E-state index contributed by atoms with van der Waals surface area (Å²) in [6.45, 7) is 6.17. The van der Waals surface area contributed by atoms with E-state index < -0.39 is 44.8 Å². The van der Waals surface area contributed by atoms with Crippen molar-refractivity contribution in [3.63, 3.8) is 0 Å². The molecule has 2 saturated heterocycles. The number of piperazine rings is 1. The summed E-state index contributed by atoms with van der Waals surface area (Å²) in [7, 11) is -2.06. The molecule has 2 aliphatic rings. The molecule has 2 fully saturated rings. The number of sulfonamides is 1. The maximum absolute atomic E-state index is 13.4. The Morgan fingerprint density at radius 3 is 2.42 bits per heavy atom. The Kier molecular flexibility index (Phi) is 9.02. The standard InChI is InChI=1S/C26H33N5O7S2/c1-26(2)22(31(17-39-26)40(36,37)20-5-4-10-27-16-20)23(32)28-21(24(33)34)15-18-6-8-19(9-7-18)38-25(35)30-13-11-29(3)12-14-30/h4-10,16,21-22H,11-15,17H2,1-3H3,(H,28,32)(H,33,34)/t21-,22+/m1/s1. The van der Waals surface area contributed by atoms with Gasteiger partial charge >= 0.3 is 12.1 Å². The number of carbonyl (C=O) groups is 3. The molecular weight excluding hydrogens is 558 g/mol. The Labute approximate surface area is 237 Å². The largest absolute Gasteiger partial charge is 0.480 e. The van der Waals surface area contributed by atoms with Gasteiger partial charge in [-0.05, 0) is 50.7 Å². The van der Waals surface area contributed by atoms with E-state index in [1.165, 1.54) is 36.3 Å². The monoisotopic (exact) mass is 591 g/mol. The van der Waals surface area contributed by atoms with Crippen molar-refractivity contribution in [2.45, 2.75) is 42.0 Å². The van der Waals surface area contributed by atoms with Gasteiger partial charge in [-0.25, -0.2) is 18.0 Å². The average Bonchev–Trinajstić information content (AvgIpc) is 3.25. The predicted octanol–water partition coefficient (Wildman–Crippen LogP) is 1.48. The lowest BCUT2D eigenvalue weighted by molar-refractivity contribution is -0.142. The number of amides is 2. The number of carboxylic acid groups (broad SMARTS) is 1. The summed E-state index contributed by atoms with van der Waals surface area (Å²) < 4.78 is 32.3. The summed E-state index contributed by atoms with van der Waals surface area (Å²) in [6, 6.07) is 6.85. The van der Waals surface area contributed by atoms with E-state index in [1.54, 1.807) is 43.0 Å². The van der Waals surface area contributed by atoms with Crippen LogP contribution in [0.1, 0.15) is 19.4 Å². The third-order valence-electron chi connectivity index (χ3n) is 6.94. The zero-order valence-corrected chi connectivity index (χ0v) is 24.2. The molecule has 1 aromatic carbocycles. The number of ether oxygens (including phenoxy) is 1. The van der Waals surface area contributed by atoms with Crippen LogP contribution in [0.25, 0.3) is 0 Å². The molecule has 0 radical (unpaired) electrons. The summed E-state index contributed by atoms with van der Waals surface area (Å²) in [5.74, 6) is -1.60. The first-order valence-corrected chi connectivity index (χ1v) is 15.1. The van der Waals surface area contributed by atoms with Crippen LogP contribution in [0, 0.1) is 0 Å². The van der Waals surface area contributed by atoms with E-state index >= 15 is 0 Å². The molecule has 0 saturated carbocycles. The fourth-order valence-electron chi connectivity index (χ4n) is 4.55. The van der Waals surface area contributed by atoms with Gasteiger partial charge in [-0.15, -0.1) is 11.8 Å². The number of thioether (sulfide) groups is 1. The molecule has 216 valence electrons. The summed E-state index contributed by atoms with van der Waals surface area (Å²) in [5, 5.41) is 12.4. The Bertz CT molecular complexity index is 1330. The number of rotatable bonds is 8. The fourth-order valence-corrected chi connectivity index (χ4v) is 7.69. The van der Waals surface area contributed by atoms with Crippen molar-refractivity contribution in [2.24, 2.45) is 0 Å². The minimum Gasteiger partial charge on any atom is -0.480 e. The van der Waals surface area contributed by atoms with Gasteiger partial charge < -0.3 is 25.0 Å². The molecule has 4 rings (SSSR count). The third-order valence-corrected chi connectivity index (χ3v) is 10.3. The second kappa shape index (κ2) is 12.1. The zero-order valence-electron chi connectivity index (χ0n) is 22.5. The maximum Gasteiger partial charge on any atom is 0.415 e. The molecule has 0 bridgehead atoms. The number of carbonyl (C=O) groups excluding carboxylic acids is 2. The molecular formula is C26H33N5O7S2. The molecule has 2 amide bonds. The summed E-state index contributed by atoms with van der Waals surface area (Å²) >= 11 is 1.29. The lowest BCUT2D eigenvalue weighted by Crippen LogP contribution is -2.56. The van der Waals surface area contributed by atoms with Crippen molar-refractivity contribution < 1.29 is 32.6 Å². The fraction of sp³-hybridized carbons (Fsp3) is 0.462. The lowest BCUT2D eigenvalue weighted by Gasteiger charge is -2.31. The van der Waals surface area contributed by atoms with E-state index in [1.807, 2.05) is 7.05 Å². The van der Waals surface area contributed by atoms with Crippen molar-refractivity contribution in [3.05, 3.63) is 54.4 Å². The molecule has 2 atom stereocenters. The van der Waals surface area contributed by atoms with Gasteiger partial charge in [-0.1, -0.05) is 12.1 Å². The molecule has 0 aliphatic carbocycles. The molecule has 14 heteroatoms. The van der Waals surface area contributed by atoms with Gasteiger partial charge in [0.2, 0.25) is 15.9 Å². The van der Waals surface area contributed by atoms with Crippen LogP contribution in [0.4, 0.5) is 4.79 Å². The number of carboxylic acids is 1. The molecule has 40 heavy (non-hydrogen) atoms. The highest BCUT2D eigenvalue weighted by Crippen LogP contribution is 2.42. The van der Waals surface area contributed by atoms with Gasteiger partial charge in [-0.3, -0.25) is 9.78 Å². The Balaban J connectivity index is 1.43. The quantitative estimate of drug-likeness (QED) is 0.462. The van der Waals surface area contributed by atoms with Gasteiger partial charge in [0, 0.05) is 49.7 Å². The smallest absolute Gasteiger partial charge is 0.415 e. The van der Waals surface area contributed by atoms with E-state index in [2.05, 4.69) is 15.2 Å². The topological polar surface area (TPSA) is 149 Å². The highest BCUT2D eigenvalue weighted by molar-refractivity contribution is 8.02. The maximum atomic E-state index is 13.4. The Morgan fingerprint density at radius 1 is 1.15 bits per heavy atom. The number of pyridine rings is 1. The van der Waals surface area contributed by atoms with Crippen LogP contribution in [0.5, 0.6) is 5.75 Å². The minimum absolute atomic E-state index is 0.0361. The molecule has 3 heterocycles. The van der Waals surface area contributed by atoms with Crippen LogP contribution in [-0.2, 0) is 26.0 Å². The zero-order chi connectivity index (χ0) is 29.1. The summed E-state index contributed by atoms with van der Waals surface area (Å²) in [4.78, 5) is 45.5. The van der Waals surface area contributed by atoms with Crippen LogP contribution in [-0.4, -0.2) is 107 Å². The van der Waals surface area contributed by atoms with Crippen LogP contribution in [0.15, 0.2) is 53.7 Å². The van der Waals surface area contributed by atoms with Gasteiger partial charge in [0.1, 0.15) is 22.7 Å². The SMILES string of the molecule is CN1CCN(C(=O)Oc2ccc(C[C@@H](NC(=O)[C@@H]3N(S(=O)(=O)c4cccnc4)CSC3(C)C)C(=O)O)cc2)CC1. The summed E-state index contributed by atoms with van der Waals surface area (Å²) in [5.41, 5.74) is 0.590. The van der Waals surface area contributed by atoms with Crippen LogP contribution >= 0.6 is 11.8 Å². The Morgan fingerprint density at radius 2 is 1.82 bits per heavy atom. The predicted molar refractivity (Wildman–Crippen MR) is 148 cm³/mol. The van der Waals surface area contributed by atoms with Crippen molar-refractivity contribution in [1.29, 1.82) is 0 Å². The van der Waals surface area contributed by atoms with Crippen molar-refractivity contribution >= 4 is 39.8 Å². The Hall–Kier alpha value is -3.20. The van der Waals surface area contributed by atoms with E-state index in [9.17, 15) is 27.9 Å². The number of hydrogen-bond acceptors (Lipinski definition) is 9. The van der Waals surface area contributed by atoms with E-state index in [0.29, 0.717) is 24.4 Å². The molecule has 0 spiro atoms. The molecule has 2 N–H and O–H groups in total. The van der Waals surface area contributed by atoms with Gasteiger partial charge in [0.15, 0.2) is 0 Å². The van der Waals surface area contributed by atoms with E-state index in [0.717, 1.165) is 17.4 Å². The van der Waals surface area contributed by atoms with Crippen LogP contribution in [0.3, 0.4) is 0 Å². The average molecular weight is 592 g/mol. The molecule has 0 unspecified atom stereocenters. The first-order valence-electron chi connectivity index (χ1n) is 12.7. The number of hydrogen-bond donors (Lipinski definition) is 2. The lowest BCUT2D eigenvalue weighted by atomic mass is 10.0. The number of benzene rings is 1. The molecule has 2 aliphatic heterocycles. The van der Waals surface area contributed by atoms with Gasteiger partial charge in [0.25, 0.3) is 0 Å². The summed E-state index contributed by atoms with van der Waals surface area (Å²) in [6.07, 6.45) is 2.17. The van der Waals surface area contributed by atoms with Crippen LogP contribution < -0.4 is 10.1 Å². The first kappa shape index (κ1) is 29.8. The van der Waals surface area contributed by atoms with Crippen molar-refractivity contribution in [1.82, 2.24) is 24.4 Å². The molecule has 2 aromatic rings. The second-order valence-corrected chi connectivity index (χ2v) is 13.8. The highest BCUT2D eigenvalue weighted by atomic mass is 32.2. The van der Waals surface area contributed by atoms with Crippen molar-refractivity contribution in [3.8, 4) is 5.75 Å². The molecule has 1 aromatic heterocycles. The first-order chi connectivity index (χ1) is 18.9. The van der Waals surface area contributed by atoms with E-state index in [-0.39, 0.29) is 17.2 Å². The van der Waals surface area contributed by atoms with Gasteiger partial charge in [-0.2, -0.15) is 4.31 Å². The normalized spacial score (nSPS) is 20.6. The number of likely N-dealkylation sites (N-methyl/N-ethyl adjacent to an activating group) is 1. The number of nitrogens with one attached hydrogen (secondary N) is 1. The number of aliphatic carboxylic acids is 1. The number of nitrogens with zero attached hydrogens (tertiary/aromatic N) is 4. The highest BCUT2D eigenvalue weighted by Gasteiger charge is 2.51. The second-order valence-electron chi connectivity index (χ2n) is 10.3. The van der Waals surface area contributed by atoms with Gasteiger partial charge in [0.05, 0.1) is 5.88 Å². The molecule has 12 nitrogen and oxygen atoms in total. The third kappa shape index (κ3) is 6.74. The van der Waals surface area contributed by atoms with Crippen molar-refractivity contribution in [2.75, 3.05) is 39.1 Å².